The highest BCUT2D eigenvalue weighted by Gasteiger charge is 2.11. The van der Waals surface area contributed by atoms with Crippen LogP contribution in [0, 0.1) is 0 Å². The maximum atomic E-state index is 12.2. The summed E-state index contributed by atoms with van der Waals surface area (Å²) in [6, 6.07) is 10.1. The maximum absolute atomic E-state index is 12.2. The molecule has 1 amide bonds. The fraction of sp³-hybridized carbons (Fsp3) is 0.133. The number of hydrogen-bond acceptors (Lipinski definition) is 4. The predicted molar refractivity (Wildman–Crippen MR) is 89.0 cm³/mol. The first-order valence-corrected chi connectivity index (χ1v) is 6.69. The van der Waals surface area contributed by atoms with Crippen molar-refractivity contribution in [1.29, 1.82) is 0 Å². The number of amides is 1. The molecule has 0 bridgehead atoms. The van der Waals surface area contributed by atoms with Crippen LogP contribution in [0.5, 0.6) is 0 Å². The van der Waals surface area contributed by atoms with Crippen LogP contribution < -0.4 is 21.7 Å². The summed E-state index contributed by atoms with van der Waals surface area (Å²) in [5, 5.41) is 3.32. The Morgan fingerprint density at radius 2 is 1.86 bits per heavy atom. The summed E-state index contributed by atoms with van der Waals surface area (Å²) in [5.74, 6) is -0.304. The lowest BCUT2D eigenvalue weighted by molar-refractivity contribution is 0.102. The van der Waals surface area contributed by atoms with Crippen molar-refractivity contribution < 1.29 is 4.79 Å². The van der Waals surface area contributed by atoms with Crippen molar-refractivity contribution >= 4 is 40.3 Å². The SMILES string of the molecule is CN(C)c1ccc(NC(=O)c2ccc(N)cc2N)cc1Cl. The molecular formula is C15H17ClN4O. The van der Waals surface area contributed by atoms with Crippen LogP contribution in [-0.2, 0) is 0 Å². The molecule has 6 heteroatoms. The van der Waals surface area contributed by atoms with E-state index in [1.54, 1.807) is 30.3 Å². The maximum Gasteiger partial charge on any atom is 0.257 e. The molecule has 0 atom stereocenters. The van der Waals surface area contributed by atoms with Gasteiger partial charge in [-0.2, -0.15) is 0 Å². The molecule has 5 nitrogen and oxygen atoms in total. The Bertz CT molecular complexity index is 685. The Morgan fingerprint density at radius 1 is 1.14 bits per heavy atom. The van der Waals surface area contributed by atoms with Crippen LogP contribution in [0.3, 0.4) is 0 Å². The van der Waals surface area contributed by atoms with E-state index in [0.717, 1.165) is 5.69 Å². The molecule has 0 aromatic heterocycles. The van der Waals surface area contributed by atoms with Gasteiger partial charge >= 0.3 is 0 Å². The van der Waals surface area contributed by atoms with Crippen LogP contribution in [0.2, 0.25) is 5.02 Å². The summed E-state index contributed by atoms with van der Waals surface area (Å²) in [6.45, 7) is 0. The quantitative estimate of drug-likeness (QED) is 0.761. The van der Waals surface area contributed by atoms with E-state index in [2.05, 4.69) is 5.32 Å². The largest absolute Gasteiger partial charge is 0.399 e. The summed E-state index contributed by atoms with van der Waals surface area (Å²) >= 11 is 6.17. The highest BCUT2D eigenvalue weighted by Crippen LogP contribution is 2.28. The van der Waals surface area contributed by atoms with Gasteiger partial charge in [-0.05, 0) is 36.4 Å². The molecule has 21 heavy (non-hydrogen) atoms. The summed E-state index contributed by atoms with van der Waals surface area (Å²) in [6.07, 6.45) is 0. The van der Waals surface area contributed by atoms with Gasteiger partial charge in [0.05, 0.1) is 16.3 Å². The zero-order valence-corrected chi connectivity index (χ0v) is 12.6. The van der Waals surface area contributed by atoms with Gasteiger partial charge in [0, 0.05) is 31.2 Å². The van der Waals surface area contributed by atoms with E-state index in [9.17, 15) is 4.79 Å². The fourth-order valence-corrected chi connectivity index (χ4v) is 2.28. The standard InChI is InChI=1S/C15H17ClN4O/c1-20(2)14-6-4-10(8-12(14)16)19-15(21)11-5-3-9(17)7-13(11)18/h3-8H,17-18H2,1-2H3,(H,19,21). The highest BCUT2D eigenvalue weighted by atomic mass is 35.5. The number of nitrogen functional groups attached to an aromatic ring is 2. The van der Waals surface area contributed by atoms with Crippen LogP contribution in [0.4, 0.5) is 22.7 Å². The summed E-state index contributed by atoms with van der Waals surface area (Å²) in [4.78, 5) is 14.1. The van der Waals surface area contributed by atoms with Crippen molar-refractivity contribution in [2.45, 2.75) is 0 Å². The van der Waals surface area contributed by atoms with Gasteiger partial charge in [-0.1, -0.05) is 11.6 Å². The van der Waals surface area contributed by atoms with Crippen molar-refractivity contribution in [2.75, 3.05) is 35.8 Å². The molecular weight excluding hydrogens is 288 g/mol. The van der Waals surface area contributed by atoms with E-state index in [1.807, 2.05) is 25.1 Å². The van der Waals surface area contributed by atoms with Gasteiger partial charge in [0.15, 0.2) is 0 Å². The monoisotopic (exact) mass is 304 g/mol. The molecule has 0 heterocycles. The first-order chi connectivity index (χ1) is 9.88. The molecule has 5 N–H and O–H groups in total. The molecule has 0 aliphatic heterocycles. The fourth-order valence-electron chi connectivity index (χ4n) is 1.93. The molecule has 0 aliphatic carbocycles. The van der Waals surface area contributed by atoms with E-state index in [1.165, 1.54) is 0 Å². The number of carbonyl (C=O) groups is 1. The number of nitrogens with two attached hydrogens (primary N) is 2. The minimum Gasteiger partial charge on any atom is -0.399 e. The van der Waals surface area contributed by atoms with Gasteiger partial charge in [0.25, 0.3) is 5.91 Å². The van der Waals surface area contributed by atoms with Gasteiger partial charge < -0.3 is 21.7 Å². The van der Waals surface area contributed by atoms with E-state index in [4.69, 9.17) is 23.1 Å². The topological polar surface area (TPSA) is 84.4 Å². The van der Waals surface area contributed by atoms with Crippen LogP contribution in [0.25, 0.3) is 0 Å². The van der Waals surface area contributed by atoms with Crippen LogP contribution in [-0.4, -0.2) is 20.0 Å². The number of halogens is 1. The van der Waals surface area contributed by atoms with E-state index >= 15 is 0 Å². The first kappa shape index (κ1) is 15.0. The van der Waals surface area contributed by atoms with Gasteiger partial charge in [-0.3, -0.25) is 4.79 Å². The zero-order chi connectivity index (χ0) is 15.6. The lowest BCUT2D eigenvalue weighted by atomic mass is 10.1. The minimum atomic E-state index is -0.304. The first-order valence-electron chi connectivity index (χ1n) is 6.31. The smallest absolute Gasteiger partial charge is 0.257 e. The zero-order valence-electron chi connectivity index (χ0n) is 11.9. The summed E-state index contributed by atoms with van der Waals surface area (Å²) < 4.78 is 0. The van der Waals surface area contributed by atoms with Gasteiger partial charge in [-0.15, -0.1) is 0 Å². The lowest BCUT2D eigenvalue weighted by Gasteiger charge is -2.15. The van der Waals surface area contributed by atoms with Gasteiger partial charge in [-0.25, -0.2) is 0 Å². The molecule has 0 saturated carbocycles. The van der Waals surface area contributed by atoms with E-state index < -0.39 is 0 Å². The molecule has 0 aliphatic rings. The third-order valence-electron chi connectivity index (χ3n) is 3.01. The molecule has 110 valence electrons. The number of carbonyl (C=O) groups excluding carboxylic acids is 1. The second-order valence-corrected chi connectivity index (χ2v) is 5.27. The van der Waals surface area contributed by atoms with E-state index in [-0.39, 0.29) is 5.91 Å². The normalized spacial score (nSPS) is 10.2. The Morgan fingerprint density at radius 3 is 2.43 bits per heavy atom. The van der Waals surface area contributed by atoms with Crippen LogP contribution in [0.15, 0.2) is 36.4 Å². The molecule has 2 aromatic carbocycles. The van der Waals surface area contributed by atoms with Crippen molar-refractivity contribution in [1.82, 2.24) is 0 Å². The van der Waals surface area contributed by atoms with Crippen LogP contribution >= 0.6 is 11.6 Å². The third-order valence-corrected chi connectivity index (χ3v) is 3.31. The molecule has 2 rings (SSSR count). The molecule has 2 aromatic rings. The summed E-state index contributed by atoms with van der Waals surface area (Å²) in [5.41, 5.74) is 14.1. The summed E-state index contributed by atoms with van der Waals surface area (Å²) in [7, 11) is 3.79. The third kappa shape index (κ3) is 3.38. The number of hydrogen-bond donors (Lipinski definition) is 3. The predicted octanol–water partition coefficient (Wildman–Crippen LogP) is 2.82. The number of nitrogens with one attached hydrogen (secondary N) is 1. The van der Waals surface area contributed by atoms with Gasteiger partial charge in [0.1, 0.15) is 0 Å². The highest BCUT2D eigenvalue weighted by molar-refractivity contribution is 6.33. The van der Waals surface area contributed by atoms with Crippen LogP contribution in [0.1, 0.15) is 10.4 Å². The Labute approximate surface area is 128 Å². The Kier molecular flexibility index (Phi) is 4.23. The van der Waals surface area contributed by atoms with Crippen molar-refractivity contribution in [3.63, 3.8) is 0 Å². The average molecular weight is 305 g/mol. The Hall–Kier alpha value is -2.40. The minimum absolute atomic E-state index is 0.304. The number of rotatable bonds is 3. The Balaban J connectivity index is 2.22. The van der Waals surface area contributed by atoms with Crippen molar-refractivity contribution in [3.05, 3.63) is 47.0 Å². The molecule has 0 radical (unpaired) electrons. The van der Waals surface area contributed by atoms with Crippen molar-refractivity contribution in [3.8, 4) is 0 Å². The molecule has 0 fully saturated rings. The molecule has 0 saturated heterocycles. The number of benzene rings is 2. The van der Waals surface area contributed by atoms with Gasteiger partial charge in [0.2, 0.25) is 0 Å². The number of nitrogens with zero attached hydrogens (tertiary/aromatic N) is 1. The second-order valence-electron chi connectivity index (χ2n) is 4.86. The van der Waals surface area contributed by atoms with Crippen molar-refractivity contribution in [2.24, 2.45) is 0 Å². The molecule has 0 spiro atoms. The average Bonchev–Trinajstić information content (AvgIpc) is 2.37. The molecule has 0 unspecified atom stereocenters. The van der Waals surface area contributed by atoms with E-state index in [0.29, 0.717) is 27.6 Å². The second kappa shape index (κ2) is 5.93. The number of anilines is 4. The lowest BCUT2D eigenvalue weighted by Crippen LogP contribution is -2.15.